The molecular weight excluding hydrogens is 482 g/mol. The first-order chi connectivity index (χ1) is 17.6. The fourth-order valence-corrected chi connectivity index (χ4v) is 5.98. The molecule has 1 heterocycles. The topological polar surface area (TPSA) is 69.7 Å². The maximum Gasteiger partial charge on any atom is 0.251 e. The van der Waals surface area contributed by atoms with Crippen LogP contribution in [0.3, 0.4) is 0 Å². The molecular formula is C30H37N3O3S. The molecule has 1 N–H and O–H groups in total. The molecule has 196 valence electrons. The predicted molar refractivity (Wildman–Crippen MR) is 152 cm³/mol. The highest BCUT2D eigenvalue weighted by molar-refractivity contribution is 7.92. The second-order valence-electron chi connectivity index (χ2n) is 10.0. The van der Waals surface area contributed by atoms with Crippen LogP contribution in [0.4, 0.5) is 11.4 Å². The standard InChI is InChI=1S/C30H37N3O3S/c1-22-9-8-10-23(2)29(22)33(37(4,35)36)21-25-11-13-27(14-12-25)30(34)31-24(3)26-15-17-28(18-16-26)32-19-6-5-7-20-32/h8-18,24H,5-7,19-21H2,1-4H3,(H,31,34)/t24-/m1/s1. The van der Waals surface area contributed by atoms with Gasteiger partial charge < -0.3 is 10.2 Å². The van der Waals surface area contributed by atoms with E-state index in [1.54, 1.807) is 12.1 Å². The molecule has 0 saturated carbocycles. The number of carbonyl (C=O) groups is 1. The van der Waals surface area contributed by atoms with Gasteiger partial charge in [-0.25, -0.2) is 8.42 Å². The number of benzene rings is 3. The second kappa shape index (κ2) is 11.4. The molecule has 6 nitrogen and oxygen atoms in total. The molecule has 0 aliphatic carbocycles. The van der Waals surface area contributed by atoms with E-state index in [-0.39, 0.29) is 18.5 Å². The zero-order valence-corrected chi connectivity index (χ0v) is 23.0. The summed E-state index contributed by atoms with van der Waals surface area (Å²) in [7, 11) is -3.49. The molecule has 0 aromatic heterocycles. The molecule has 1 atom stereocenters. The Morgan fingerprint density at radius 1 is 0.919 bits per heavy atom. The number of sulfonamides is 1. The smallest absolute Gasteiger partial charge is 0.251 e. The normalized spacial score (nSPS) is 14.8. The lowest BCUT2D eigenvalue weighted by Gasteiger charge is -2.29. The van der Waals surface area contributed by atoms with Crippen molar-refractivity contribution in [2.45, 2.75) is 52.6 Å². The van der Waals surface area contributed by atoms with Gasteiger partial charge in [-0.05, 0) is 86.6 Å². The van der Waals surface area contributed by atoms with Gasteiger partial charge in [0.2, 0.25) is 10.0 Å². The van der Waals surface area contributed by atoms with Gasteiger partial charge in [-0.15, -0.1) is 0 Å². The van der Waals surface area contributed by atoms with Crippen molar-refractivity contribution in [3.05, 3.63) is 94.5 Å². The van der Waals surface area contributed by atoms with Gasteiger partial charge in [0.05, 0.1) is 24.5 Å². The number of aryl methyl sites for hydroxylation is 2. The molecule has 3 aromatic carbocycles. The lowest BCUT2D eigenvalue weighted by molar-refractivity contribution is 0.0940. The highest BCUT2D eigenvalue weighted by Crippen LogP contribution is 2.28. The number of nitrogens with one attached hydrogen (secondary N) is 1. The highest BCUT2D eigenvalue weighted by Gasteiger charge is 2.22. The van der Waals surface area contributed by atoms with Gasteiger partial charge in [-0.1, -0.05) is 42.5 Å². The zero-order chi connectivity index (χ0) is 26.6. The lowest BCUT2D eigenvalue weighted by atomic mass is 10.1. The summed E-state index contributed by atoms with van der Waals surface area (Å²) >= 11 is 0. The van der Waals surface area contributed by atoms with E-state index >= 15 is 0 Å². The van der Waals surface area contributed by atoms with Crippen LogP contribution in [-0.4, -0.2) is 33.7 Å². The van der Waals surface area contributed by atoms with Crippen molar-refractivity contribution in [3.8, 4) is 0 Å². The van der Waals surface area contributed by atoms with E-state index in [2.05, 4.69) is 34.5 Å². The van der Waals surface area contributed by atoms with E-state index in [0.717, 1.165) is 35.3 Å². The van der Waals surface area contributed by atoms with E-state index in [1.165, 1.54) is 35.5 Å². The average molecular weight is 520 g/mol. The second-order valence-corrected chi connectivity index (χ2v) is 11.9. The maximum absolute atomic E-state index is 12.9. The molecule has 0 radical (unpaired) electrons. The third kappa shape index (κ3) is 6.52. The van der Waals surface area contributed by atoms with E-state index in [1.807, 2.05) is 51.1 Å². The molecule has 0 bridgehead atoms. The fraction of sp³-hybridized carbons (Fsp3) is 0.367. The summed E-state index contributed by atoms with van der Waals surface area (Å²) in [6.45, 7) is 8.22. The van der Waals surface area contributed by atoms with Crippen molar-refractivity contribution in [2.24, 2.45) is 0 Å². The Morgan fingerprint density at radius 2 is 1.51 bits per heavy atom. The Bertz CT molecular complexity index is 1310. The van der Waals surface area contributed by atoms with Crippen LogP contribution in [0.1, 0.15) is 64.8 Å². The number of nitrogens with zero attached hydrogens (tertiary/aromatic N) is 2. The number of amides is 1. The molecule has 1 aliphatic heterocycles. The van der Waals surface area contributed by atoms with Crippen LogP contribution < -0.4 is 14.5 Å². The summed E-state index contributed by atoms with van der Waals surface area (Å²) in [4.78, 5) is 15.3. The summed E-state index contributed by atoms with van der Waals surface area (Å²) in [5.41, 5.74) is 6.15. The summed E-state index contributed by atoms with van der Waals surface area (Å²) in [5, 5.41) is 3.08. The van der Waals surface area contributed by atoms with Crippen LogP contribution in [-0.2, 0) is 16.6 Å². The van der Waals surface area contributed by atoms with Crippen molar-refractivity contribution >= 4 is 27.3 Å². The molecule has 1 amide bonds. The largest absolute Gasteiger partial charge is 0.372 e. The molecule has 0 unspecified atom stereocenters. The first-order valence-electron chi connectivity index (χ1n) is 12.9. The first-order valence-corrected chi connectivity index (χ1v) is 14.8. The van der Waals surface area contributed by atoms with Crippen LogP contribution in [0.5, 0.6) is 0 Å². The quantitative estimate of drug-likeness (QED) is 0.411. The van der Waals surface area contributed by atoms with E-state index in [0.29, 0.717) is 11.3 Å². The predicted octanol–water partition coefficient (Wildman–Crippen LogP) is 5.75. The Balaban J connectivity index is 1.42. The van der Waals surface area contributed by atoms with Gasteiger partial charge in [-0.3, -0.25) is 9.10 Å². The maximum atomic E-state index is 12.9. The summed E-state index contributed by atoms with van der Waals surface area (Å²) < 4.78 is 26.7. The number of rotatable bonds is 8. The van der Waals surface area contributed by atoms with Crippen LogP contribution in [0, 0.1) is 13.8 Å². The minimum Gasteiger partial charge on any atom is -0.372 e. The van der Waals surface area contributed by atoms with Gasteiger partial charge >= 0.3 is 0 Å². The number of piperidine rings is 1. The van der Waals surface area contributed by atoms with Crippen LogP contribution in [0.25, 0.3) is 0 Å². The minimum absolute atomic E-state index is 0.132. The number of hydrogen-bond acceptors (Lipinski definition) is 4. The summed E-state index contributed by atoms with van der Waals surface area (Å²) in [6, 6.07) is 21.2. The molecule has 3 aromatic rings. The molecule has 37 heavy (non-hydrogen) atoms. The zero-order valence-electron chi connectivity index (χ0n) is 22.2. The number of anilines is 2. The van der Waals surface area contributed by atoms with Crippen LogP contribution in [0.15, 0.2) is 66.7 Å². The Labute approximate surface area is 221 Å². The summed E-state index contributed by atoms with van der Waals surface area (Å²) in [6.07, 6.45) is 5.01. The van der Waals surface area contributed by atoms with Crippen molar-refractivity contribution in [3.63, 3.8) is 0 Å². The fourth-order valence-electron chi connectivity index (χ4n) is 4.98. The first kappa shape index (κ1) is 26.7. The number of para-hydroxylation sites is 1. The SMILES string of the molecule is Cc1cccc(C)c1N(Cc1ccc(C(=O)N[C@H](C)c2ccc(N3CCCCC3)cc2)cc1)S(C)(=O)=O. The Morgan fingerprint density at radius 3 is 2.08 bits per heavy atom. The highest BCUT2D eigenvalue weighted by atomic mass is 32.2. The molecule has 1 saturated heterocycles. The van der Waals surface area contributed by atoms with Crippen molar-refractivity contribution in [2.75, 3.05) is 28.6 Å². The Hall–Kier alpha value is -3.32. The van der Waals surface area contributed by atoms with Gasteiger partial charge in [0.1, 0.15) is 0 Å². The van der Waals surface area contributed by atoms with Crippen LogP contribution in [0.2, 0.25) is 0 Å². The molecule has 7 heteroatoms. The summed E-state index contributed by atoms with van der Waals surface area (Å²) in [5.74, 6) is -0.158. The molecule has 0 spiro atoms. The Kier molecular flexibility index (Phi) is 8.22. The number of hydrogen-bond donors (Lipinski definition) is 1. The van der Waals surface area contributed by atoms with Gasteiger partial charge in [-0.2, -0.15) is 0 Å². The third-order valence-corrected chi connectivity index (χ3v) is 8.21. The molecule has 1 aliphatic rings. The lowest BCUT2D eigenvalue weighted by Crippen LogP contribution is -2.30. The van der Waals surface area contributed by atoms with Gasteiger partial charge in [0.25, 0.3) is 5.91 Å². The molecule has 1 fully saturated rings. The third-order valence-electron chi connectivity index (χ3n) is 7.09. The monoisotopic (exact) mass is 519 g/mol. The van der Waals surface area contributed by atoms with E-state index in [4.69, 9.17) is 0 Å². The van der Waals surface area contributed by atoms with Crippen molar-refractivity contribution in [1.29, 1.82) is 0 Å². The van der Waals surface area contributed by atoms with Crippen LogP contribution >= 0.6 is 0 Å². The number of carbonyl (C=O) groups excluding carboxylic acids is 1. The van der Waals surface area contributed by atoms with E-state index < -0.39 is 10.0 Å². The van der Waals surface area contributed by atoms with Gasteiger partial charge in [0.15, 0.2) is 0 Å². The molecule has 4 rings (SSSR count). The van der Waals surface area contributed by atoms with E-state index in [9.17, 15) is 13.2 Å². The van der Waals surface area contributed by atoms with Gasteiger partial charge in [0, 0.05) is 24.3 Å². The van der Waals surface area contributed by atoms with Crippen molar-refractivity contribution in [1.82, 2.24) is 5.32 Å². The average Bonchev–Trinajstić information content (AvgIpc) is 2.88. The minimum atomic E-state index is -3.49. The van der Waals surface area contributed by atoms with Crippen molar-refractivity contribution < 1.29 is 13.2 Å².